The summed E-state index contributed by atoms with van der Waals surface area (Å²) in [6.45, 7) is 3.67. The number of anilines is 3. The predicted molar refractivity (Wildman–Crippen MR) is 109 cm³/mol. The molecule has 1 N–H and O–H groups in total. The zero-order chi connectivity index (χ0) is 19.3. The molecule has 0 saturated carbocycles. The van der Waals surface area contributed by atoms with Gasteiger partial charge in [-0.25, -0.2) is 4.39 Å². The normalized spacial score (nSPS) is 14.2. The van der Waals surface area contributed by atoms with Crippen LogP contribution in [0.4, 0.5) is 21.8 Å². The molecule has 0 bridgehead atoms. The van der Waals surface area contributed by atoms with Gasteiger partial charge in [0.15, 0.2) is 5.82 Å². The van der Waals surface area contributed by atoms with E-state index in [4.69, 9.17) is 11.6 Å². The van der Waals surface area contributed by atoms with Gasteiger partial charge in [-0.3, -0.25) is 0 Å². The Bertz CT molecular complexity index is 945. The van der Waals surface area contributed by atoms with E-state index in [1.807, 2.05) is 18.2 Å². The van der Waals surface area contributed by atoms with E-state index in [1.54, 1.807) is 24.4 Å². The molecule has 144 valence electrons. The molecular formula is C20H20ClFN6. The number of nitrogens with one attached hydrogen (secondary N) is 1. The van der Waals surface area contributed by atoms with E-state index in [2.05, 4.69) is 36.4 Å². The maximum Gasteiger partial charge on any atom is 0.244 e. The molecule has 2 aromatic carbocycles. The molecule has 1 fully saturated rings. The molecule has 2 heterocycles. The number of benzene rings is 2. The number of hydrogen-bond acceptors (Lipinski definition) is 6. The Labute approximate surface area is 168 Å². The van der Waals surface area contributed by atoms with Crippen molar-refractivity contribution in [3.05, 3.63) is 71.1 Å². The van der Waals surface area contributed by atoms with Gasteiger partial charge in [0, 0.05) is 49.0 Å². The summed E-state index contributed by atoms with van der Waals surface area (Å²) in [5.74, 6) is 0.894. The van der Waals surface area contributed by atoms with Crippen molar-refractivity contribution in [2.24, 2.45) is 0 Å². The first-order valence-electron chi connectivity index (χ1n) is 9.11. The molecule has 1 aromatic heterocycles. The lowest BCUT2D eigenvalue weighted by Crippen LogP contribution is -2.47. The zero-order valence-corrected chi connectivity index (χ0v) is 16.0. The van der Waals surface area contributed by atoms with Crippen molar-refractivity contribution >= 4 is 29.1 Å². The summed E-state index contributed by atoms with van der Waals surface area (Å²) in [6.07, 6.45) is 1.66. The summed E-state index contributed by atoms with van der Waals surface area (Å²) in [5.41, 5.74) is 1.69. The van der Waals surface area contributed by atoms with E-state index in [1.165, 1.54) is 6.07 Å². The fraction of sp³-hybridized carbons (Fsp3) is 0.250. The van der Waals surface area contributed by atoms with E-state index in [-0.39, 0.29) is 5.82 Å². The first kappa shape index (κ1) is 18.4. The van der Waals surface area contributed by atoms with Crippen molar-refractivity contribution in [2.75, 3.05) is 41.3 Å². The van der Waals surface area contributed by atoms with Gasteiger partial charge in [0.05, 0.1) is 6.20 Å². The number of hydrogen-bond donors (Lipinski definition) is 1. The lowest BCUT2D eigenvalue weighted by molar-refractivity contribution is 0.612. The van der Waals surface area contributed by atoms with Crippen LogP contribution in [-0.4, -0.2) is 41.4 Å². The SMILES string of the molecule is Fc1ccccc1CNc1nncc(N2CCN(c3cccc(Cl)c3)CC2)n1. The maximum absolute atomic E-state index is 13.7. The summed E-state index contributed by atoms with van der Waals surface area (Å²) in [5, 5.41) is 11.8. The molecular weight excluding hydrogens is 379 g/mol. The molecule has 0 atom stereocenters. The lowest BCUT2D eigenvalue weighted by Gasteiger charge is -2.36. The van der Waals surface area contributed by atoms with Gasteiger partial charge in [-0.15, -0.1) is 5.10 Å². The van der Waals surface area contributed by atoms with Crippen LogP contribution >= 0.6 is 11.6 Å². The standard InChI is InChI=1S/C20H20ClFN6/c21-16-5-3-6-17(12-16)27-8-10-28(11-9-27)19-14-24-26-20(25-19)23-13-15-4-1-2-7-18(15)22/h1-7,12,14H,8-11,13H2,(H,23,25,26). The molecule has 1 saturated heterocycles. The van der Waals surface area contributed by atoms with Gasteiger partial charge in [-0.1, -0.05) is 35.9 Å². The first-order chi connectivity index (χ1) is 13.7. The first-order valence-corrected chi connectivity index (χ1v) is 9.49. The summed E-state index contributed by atoms with van der Waals surface area (Å²) in [6, 6.07) is 14.5. The third-order valence-electron chi connectivity index (χ3n) is 4.72. The number of halogens is 2. The highest BCUT2D eigenvalue weighted by Crippen LogP contribution is 2.22. The highest BCUT2D eigenvalue weighted by atomic mass is 35.5. The Balaban J connectivity index is 1.38. The van der Waals surface area contributed by atoms with Crippen molar-refractivity contribution in [3.63, 3.8) is 0 Å². The minimum Gasteiger partial charge on any atom is -0.368 e. The monoisotopic (exact) mass is 398 g/mol. The second-order valence-electron chi connectivity index (χ2n) is 6.54. The number of nitrogens with zero attached hydrogens (tertiary/aromatic N) is 5. The van der Waals surface area contributed by atoms with Crippen LogP contribution < -0.4 is 15.1 Å². The third kappa shape index (κ3) is 4.31. The highest BCUT2D eigenvalue weighted by Gasteiger charge is 2.19. The van der Waals surface area contributed by atoms with Gasteiger partial charge < -0.3 is 15.1 Å². The second kappa shape index (κ2) is 8.39. The minimum atomic E-state index is -0.253. The van der Waals surface area contributed by atoms with Gasteiger partial charge in [0.2, 0.25) is 5.95 Å². The quantitative estimate of drug-likeness (QED) is 0.708. The Morgan fingerprint density at radius 3 is 2.57 bits per heavy atom. The number of aromatic nitrogens is 3. The fourth-order valence-corrected chi connectivity index (χ4v) is 3.39. The van der Waals surface area contributed by atoms with Crippen LogP contribution in [-0.2, 0) is 6.54 Å². The van der Waals surface area contributed by atoms with Crippen LogP contribution in [0.1, 0.15) is 5.56 Å². The average Bonchev–Trinajstić information content (AvgIpc) is 2.73. The van der Waals surface area contributed by atoms with Gasteiger partial charge in [-0.2, -0.15) is 10.1 Å². The van der Waals surface area contributed by atoms with Gasteiger partial charge >= 0.3 is 0 Å². The minimum absolute atomic E-state index is 0.253. The lowest BCUT2D eigenvalue weighted by atomic mass is 10.2. The Hall–Kier alpha value is -2.93. The largest absolute Gasteiger partial charge is 0.368 e. The van der Waals surface area contributed by atoms with Crippen LogP contribution in [0.15, 0.2) is 54.7 Å². The molecule has 6 nitrogen and oxygen atoms in total. The average molecular weight is 399 g/mol. The predicted octanol–water partition coefficient (Wildman–Crippen LogP) is 3.60. The molecule has 0 aliphatic carbocycles. The van der Waals surface area contributed by atoms with E-state index < -0.39 is 0 Å². The Morgan fingerprint density at radius 2 is 1.79 bits per heavy atom. The Morgan fingerprint density at radius 1 is 1.00 bits per heavy atom. The van der Waals surface area contributed by atoms with E-state index >= 15 is 0 Å². The highest BCUT2D eigenvalue weighted by molar-refractivity contribution is 6.30. The maximum atomic E-state index is 13.7. The molecule has 1 aliphatic heterocycles. The molecule has 3 aromatic rings. The molecule has 0 unspecified atom stereocenters. The van der Waals surface area contributed by atoms with Crippen molar-refractivity contribution < 1.29 is 4.39 Å². The summed E-state index contributed by atoms with van der Waals surface area (Å²) in [4.78, 5) is 9.00. The van der Waals surface area contributed by atoms with Crippen LogP contribution in [0.3, 0.4) is 0 Å². The smallest absolute Gasteiger partial charge is 0.244 e. The summed E-state index contributed by atoms with van der Waals surface area (Å²) >= 11 is 6.10. The molecule has 0 spiro atoms. The van der Waals surface area contributed by atoms with Crippen molar-refractivity contribution in [2.45, 2.75) is 6.54 Å². The van der Waals surface area contributed by atoms with Crippen LogP contribution in [0.2, 0.25) is 5.02 Å². The van der Waals surface area contributed by atoms with Crippen molar-refractivity contribution in [3.8, 4) is 0 Å². The second-order valence-corrected chi connectivity index (χ2v) is 6.97. The summed E-state index contributed by atoms with van der Waals surface area (Å²) in [7, 11) is 0. The van der Waals surface area contributed by atoms with Crippen molar-refractivity contribution in [1.29, 1.82) is 0 Å². The number of piperazine rings is 1. The van der Waals surface area contributed by atoms with Gasteiger partial charge in [0.1, 0.15) is 5.82 Å². The van der Waals surface area contributed by atoms with Crippen LogP contribution in [0, 0.1) is 5.82 Å². The van der Waals surface area contributed by atoms with Crippen LogP contribution in [0.25, 0.3) is 0 Å². The fourth-order valence-electron chi connectivity index (χ4n) is 3.20. The summed E-state index contributed by atoms with van der Waals surface area (Å²) < 4.78 is 13.7. The molecule has 4 rings (SSSR count). The van der Waals surface area contributed by atoms with Gasteiger partial charge in [0.25, 0.3) is 0 Å². The number of rotatable bonds is 5. The topological polar surface area (TPSA) is 57.2 Å². The van der Waals surface area contributed by atoms with Gasteiger partial charge in [-0.05, 0) is 24.3 Å². The molecule has 8 heteroatoms. The zero-order valence-electron chi connectivity index (χ0n) is 15.2. The van der Waals surface area contributed by atoms with E-state index in [0.717, 1.165) is 42.7 Å². The van der Waals surface area contributed by atoms with Crippen LogP contribution in [0.5, 0.6) is 0 Å². The van der Waals surface area contributed by atoms with E-state index in [9.17, 15) is 4.39 Å². The van der Waals surface area contributed by atoms with Crippen molar-refractivity contribution in [1.82, 2.24) is 15.2 Å². The molecule has 0 radical (unpaired) electrons. The molecule has 1 aliphatic rings. The molecule has 0 amide bonds. The molecule has 28 heavy (non-hydrogen) atoms. The van der Waals surface area contributed by atoms with E-state index in [0.29, 0.717) is 18.1 Å². The third-order valence-corrected chi connectivity index (χ3v) is 4.95. The Kier molecular flexibility index (Phi) is 5.53.